The van der Waals surface area contributed by atoms with Crippen LogP contribution in [0.3, 0.4) is 0 Å². The molecule has 0 fully saturated rings. The van der Waals surface area contributed by atoms with Crippen molar-refractivity contribution in [3.8, 4) is 11.5 Å². The molecule has 0 unspecified atom stereocenters. The minimum Gasteiger partial charge on any atom is -0.454 e. The van der Waals surface area contributed by atoms with Crippen LogP contribution >= 0.6 is 0 Å². The number of para-hydroxylation sites is 3. The van der Waals surface area contributed by atoms with Crippen molar-refractivity contribution in [3.63, 3.8) is 0 Å². The normalized spacial score (nSPS) is 12.3. The van der Waals surface area contributed by atoms with E-state index in [1.54, 1.807) is 35.2 Å². The van der Waals surface area contributed by atoms with Gasteiger partial charge in [0.15, 0.2) is 5.75 Å². The van der Waals surface area contributed by atoms with Gasteiger partial charge in [-0.1, -0.05) is 30.3 Å². The van der Waals surface area contributed by atoms with Crippen LogP contribution in [0.4, 0.5) is 21.9 Å². The molecule has 6 nitrogen and oxygen atoms in total. The SMILES string of the molecule is CCN1C(=O)c2cc(NC(=O)Nc3ccccc3)ccc2Oc2ccccc21. The molecule has 0 bridgehead atoms. The average Bonchev–Trinajstić information content (AvgIpc) is 2.82. The first-order chi connectivity index (χ1) is 13.7. The van der Waals surface area contributed by atoms with Crippen molar-refractivity contribution in [2.24, 2.45) is 0 Å². The third kappa shape index (κ3) is 3.40. The first-order valence-electron chi connectivity index (χ1n) is 9.01. The summed E-state index contributed by atoms with van der Waals surface area (Å²) in [5, 5.41) is 5.51. The largest absolute Gasteiger partial charge is 0.454 e. The molecule has 0 aromatic heterocycles. The van der Waals surface area contributed by atoms with Gasteiger partial charge < -0.3 is 20.3 Å². The van der Waals surface area contributed by atoms with Gasteiger partial charge in [-0.15, -0.1) is 0 Å². The highest BCUT2D eigenvalue weighted by Gasteiger charge is 2.27. The van der Waals surface area contributed by atoms with Crippen LogP contribution in [0.2, 0.25) is 0 Å². The fourth-order valence-corrected chi connectivity index (χ4v) is 3.13. The van der Waals surface area contributed by atoms with Gasteiger partial charge in [-0.2, -0.15) is 0 Å². The molecule has 140 valence electrons. The Morgan fingerprint density at radius 3 is 2.39 bits per heavy atom. The summed E-state index contributed by atoms with van der Waals surface area (Å²) in [6, 6.07) is 21.2. The van der Waals surface area contributed by atoms with Crippen molar-refractivity contribution in [2.75, 3.05) is 22.1 Å². The molecular formula is C22H19N3O3. The highest BCUT2D eigenvalue weighted by molar-refractivity contribution is 6.10. The molecule has 3 aromatic rings. The lowest BCUT2D eigenvalue weighted by atomic mass is 10.1. The van der Waals surface area contributed by atoms with E-state index in [2.05, 4.69) is 10.6 Å². The van der Waals surface area contributed by atoms with Crippen molar-refractivity contribution >= 4 is 29.0 Å². The second kappa shape index (κ2) is 7.44. The molecule has 0 saturated heterocycles. The number of carbonyl (C=O) groups is 2. The average molecular weight is 373 g/mol. The number of fused-ring (bicyclic) bond motifs is 2. The van der Waals surface area contributed by atoms with Gasteiger partial charge in [0.2, 0.25) is 0 Å². The van der Waals surface area contributed by atoms with E-state index in [4.69, 9.17) is 4.74 Å². The number of hydrogen-bond acceptors (Lipinski definition) is 3. The molecule has 3 aromatic carbocycles. The number of rotatable bonds is 3. The monoisotopic (exact) mass is 373 g/mol. The van der Waals surface area contributed by atoms with Gasteiger partial charge in [0.05, 0.1) is 11.3 Å². The maximum absolute atomic E-state index is 13.1. The summed E-state index contributed by atoms with van der Waals surface area (Å²) >= 11 is 0. The Morgan fingerprint density at radius 1 is 0.893 bits per heavy atom. The van der Waals surface area contributed by atoms with Crippen molar-refractivity contribution < 1.29 is 14.3 Å². The zero-order valence-electron chi connectivity index (χ0n) is 15.3. The van der Waals surface area contributed by atoms with Crippen LogP contribution in [0.1, 0.15) is 17.3 Å². The van der Waals surface area contributed by atoms with E-state index in [1.165, 1.54) is 0 Å². The Balaban J connectivity index is 1.61. The van der Waals surface area contributed by atoms with Gasteiger partial charge in [0.25, 0.3) is 5.91 Å². The molecule has 0 aliphatic carbocycles. The molecule has 1 aliphatic heterocycles. The first kappa shape index (κ1) is 17.6. The maximum Gasteiger partial charge on any atom is 0.323 e. The standard InChI is InChI=1S/C22H19N3O3/c1-2-25-18-10-6-7-11-20(18)28-19-13-12-16(14-17(19)21(25)26)24-22(27)23-15-8-4-3-5-9-15/h3-14H,2H2,1H3,(H2,23,24,27). The van der Waals surface area contributed by atoms with Crippen molar-refractivity contribution in [3.05, 3.63) is 78.4 Å². The van der Waals surface area contributed by atoms with E-state index in [0.29, 0.717) is 35.0 Å². The Labute approximate surface area is 162 Å². The maximum atomic E-state index is 13.1. The number of benzene rings is 3. The first-order valence-corrected chi connectivity index (χ1v) is 9.01. The van der Waals surface area contributed by atoms with Crippen molar-refractivity contribution in [1.82, 2.24) is 0 Å². The second-order valence-electron chi connectivity index (χ2n) is 6.28. The number of amides is 3. The number of carbonyl (C=O) groups excluding carboxylic acids is 2. The molecule has 6 heteroatoms. The predicted octanol–water partition coefficient (Wildman–Crippen LogP) is 5.10. The molecule has 4 rings (SSSR count). The summed E-state index contributed by atoms with van der Waals surface area (Å²) < 4.78 is 5.97. The third-order valence-corrected chi connectivity index (χ3v) is 4.44. The fourth-order valence-electron chi connectivity index (χ4n) is 3.13. The van der Waals surface area contributed by atoms with Gasteiger partial charge in [0, 0.05) is 17.9 Å². The third-order valence-electron chi connectivity index (χ3n) is 4.44. The number of hydrogen-bond donors (Lipinski definition) is 2. The van der Waals surface area contributed by atoms with E-state index in [9.17, 15) is 9.59 Å². The smallest absolute Gasteiger partial charge is 0.323 e. The molecule has 0 atom stereocenters. The molecular weight excluding hydrogens is 354 g/mol. The molecule has 28 heavy (non-hydrogen) atoms. The molecule has 1 aliphatic rings. The Bertz CT molecular complexity index is 1030. The lowest BCUT2D eigenvalue weighted by Gasteiger charge is -2.19. The number of urea groups is 1. The van der Waals surface area contributed by atoms with Gasteiger partial charge in [-0.05, 0) is 49.4 Å². The molecule has 1 heterocycles. The second-order valence-corrected chi connectivity index (χ2v) is 6.28. The lowest BCUT2D eigenvalue weighted by Crippen LogP contribution is -2.29. The number of nitrogens with one attached hydrogen (secondary N) is 2. The van der Waals surface area contributed by atoms with Crippen molar-refractivity contribution in [1.29, 1.82) is 0 Å². The van der Waals surface area contributed by atoms with Gasteiger partial charge in [0.1, 0.15) is 5.75 Å². The Kier molecular flexibility index (Phi) is 4.68. The summed E-state index contributed by atoms with van der Waals surface area (Å²) in [7, 11) is 0. The summed E-state index contributed by atoms with van der Waals surface area (Å²) in [5.74, 6) is 0.913. The number of nitrogens with zero attached hydrogens (tertiary/aromatic N) is 1. The summed E-state index contributed by atoms with van der Waals surface area (Å²) in [5.41, 5.74) is 2.31. The topological polar surface area (TPSA) is 70.7 Å². The zero-order valence-corrected chi connectivity index (χ0v) is 15.3. The summed E-state index contributed by atoms with van der Waals surface area (Å²) in [6.45, 7) is 2.42. The lowest BCUT2D eigenvalue weighted by molar-refractivity contribution is 0.0988. The molecule has 3 amide bonds. The van der Waals surface area contributed by atoms with Crippen molar-refractivity contribution in [2.45, 2.75) is 6.92 Å². The highest BCUT2D eigenvalue weighted by atomic mass is 16.5. The minimum atomic E-state index is -0.385. The molecule has 0 radical (unpaired) electrons. The van der Waals surface area contributed by atoms with Crippen LogP contribution in [0.25, 0.3) is 0 Å². The quantitative estimate of drug-likeness (QED) is 0.671. The zero-order chi connectivity index (χ0) is 19.5. The van der Waals surface area contributed by atoms with Crippen LogP contribution in [0.5, 0.6) is 11.5 Å². The fraction of sp³-hybridized carbons (Fsp3) is 0.0909. The van der Waals surface area contributed by atoms with E-state index < -0.39 is 0 Å². The van der Waals surface area contributed by atoms with E-state index in [-0.39, 0.29) is 11.9 Å². The van der Waals surface area contributed by atoms with E-state index in [0.717, 1.165) is 5.69 Å². The predicted molar refractivity (Wildman–Crippen MR) is 109 cm³/mol. The summed E-state index contributed by atoms with van der Waals surface area (Å²) in [6.07, 6.45) is 0. The van der Waals surface area contributed by atoms with Gasteiger partial charge >= 0.3 is 6.03 Å². The van der Waals surface area contributed by atoms with E-state index in [1.807, 2.05) is 49.4 Å². The van der Waals surface area contributed by atoms with Crippen LogP contribution < -0.4 is 20.3 Å². The number of ether oxygens (including phenoxy) is 1. The van der Waals surface area contributed by atoms with E-state index >= 15 is 0 Å². The van der Waals surface area contributed by atoms with Gasteiger partial charge in [-0.3, -0.25) is 4.79 Å². The van der Waals surface area contributed by atoms with Gasteiger partial charge in [-0.25, -0.2) is 4.79 Å². The van der Waals surface area contributed by atoms with Crippen LogP contribution in [0.15, 0.2) is 72.8 Å². The molecule has 2 N–H and O–H groups in total. The molecule has 0 saturated carbocycles. The van der Waals surface area contributed by atoms with Crippen LogP contribution in [0, 0.1) is 0 Å². The molecule has 0 spiro atoms. The highest BCUT2D eigenvalue weighted by Crippen LogP contribution is 2.39. The Morgan fingerprint density at radius 2 is 1.61 bits per heavy atom. The van der Waals surface area contributed by atoms with Crippen LogP contribution in [-0.4, -0.2) is 18.5 Å². The minimum absolute atomic E-state index is 0.172. The van der Waals surface area contributed by atoms with Crippen LogP contribution in [-0.2, 0) is 0 Å². The number of anilines is 3. The Hall–Kier alpha value is -3.80. The summed E-state index contributed by atoms with van der Waals surface area (Å²) in [4.78, 5) is 27.0.